The number of nitrogens with one attached hydrogen (secondary N) is 2. The highest BCUT2D eigenvalue weighted by molar-refractivity contribution is 5.82. The first-order valence-electron chi connectivity index (χ1n) is 5.91. The smallest absolute Gasteiger partial charge is 0.237 e. The molecule has 2 fully saturated rings. The molecule has 4 heteroatoms. The molecule has 2 aliphatic rings. The van der Waals surface area contributed by atoms with Gasteiger partial charge in [0.1, 0.15) is 0 Å². The van der Waals surface area contributed by atoms with Crippen LogP contribution in [0.25, 0.3) is 0 Å². The Morgan fingerprint density at radius 1 is 1.60 bits per heavy atom. The zero-order chi connectivity index (χ0) is 10.7. The second-order valence-corrected chi connectivity index (χ2v) is 4.58. The van der Waals surface area contributed by atoms with Crippen molar-refractivity contribution in [3.63, 3.8) is 0 Å². The Labute approximate surface area is 90.8 Å². The van der Waals surface area contributed by atoms with E-state index >= 15 is 0 Å². The molecule has 0 aromatic heterocycles. The van der Waals surface area contributed by atoms with E-state index in [-0.39, 0.29) is 18.0 Å². The maximum Gasteiger partial charge on any atom is 0.237 e. The molecule has 15 heavy (non-hydrogen) atoms. The fraction of sp³-hybridized carbons (Fsp3) is 0.909. The van der Waals surface area contributed by atoms with Gasteiger partial charge >= 0.3 is 0 Å². The van der Waals surface area contributed by atoms with Gasteiger partial charge in [0, 0.05) is 12.6 Å². The summed E-state index contributed by atoms with van der Waals surface area (Å²) in [6.07, 6.45) is 4.57. The highest BCUT2D eigenvalue weighted by Gasteiger charge is 2.26. The van der Waals surface area contributed by atoms with Crippen molar-refractivity contribution in [2.75, 3.05) is 13.2 Å². The standard InChI is InChI=1S/C11H20N2O2/c1-8(7-9-3-2-6-15-9)13-11(14)10-4-5-12-10/h8-10,12H,2-7H2,1H3,(H,13,14)/t8?,9?,10-/m1/s1. The minimum atomic E-state index is 0.0527. The van der Waals surface area contributed by atoms with Crippen LogP contribution in [0, 0.1) is 0 Å². The molecule has 2 N–H and O–H groups in total. The Balaban J connectivity index is 1.66. The van der Waals surface area contributed by atoms with E-state index in [0.29, 0.717) is 6.10 Å². The SMILES string of the molecule is CC(CC1CCCO1)NC(=O)[C@H]1CCN1. The highest BCUT2D eigenvalue weighted by atomic mass is 16.5. The first-order chi connectivity index (χ1) is 7.25. The second-order valence-electron chi connectivity index (χ2n) is 4.58. The lowest BCUT2D eigenvalue weighted by Gasteiger charge is -2.28. The van der Waals surface area contributed by atoms with E-state index in [2.05, 4.69) is 17.6 Å². The lowest BCUT2D eigenvalue weighted by Crippen LogP contribution is -2.55. The van der Waals surface area contributed by atoms with Crippen LogP contribution in [-0.4, -0.2) is 37.2 Å². The predicted molar refractivity (Wildman–Crippen MR) is 57.6 cm³/mol. The largest absolute Gasteiger partial charge is 0.378 e. The number of rotatable bonds is 4. The molecule has 0 aromatic carbocycles. The Hall–Kier alpha value is -0.610. The fourth-order valence-corrected chi connectivity index (χ4v) is 2.14. The average molecular weight is 212 g/mol. The van der Waals surface area contributed by atoms with Crippen molar-refractivity contribution in [2.45, 2.75) is 50.8 Å². The number of carbonyl (C=O) groups excluding carboxylic acids is 1. The number of amides is 1. The molecule has 0 aromatic rings. The van der Waals surface area contributed by atoms with Gasteiger partial charge in [0.15, 0.2) is 0 Å². The molecule has 0 bridgehead atoms. The number of ether oxygens (including phenoxy) is 1. The van der Waals surface area contributed by atoms with Crippen LogP contribution in [0.4, 0.5) is 0 Å². The van der Waals surface area contributed by atoms with Gasteiger partial charge in [0.25, 0.3) is 0 Å². The number of hydrogen-bond donors (Lipinski definition) is 2. The number of carbonyl (C=O) groups is 1. The zero-order valence-corrected chi connectivity index (χ0v) is 9.29. The van der Waals surface area contributed by atoms with E-state index in [1.54, 1.807) is 0 Å². The van der Waals surface area contributed by atoms with Gasteiger partial charge in [-0.3, -0.25) is 4.79 Å². The summed E-state index contributed by atoms with van der Waals surface area (Å²) >= 11 is 0. The first-order valence-corrected chi connectivity index (χ1v) is 5.91. The van der Waals surface area contributed by atoms with Gasteiger partial charge in [0.05, 0.1) is 12.1 Å². The van der Waals surface area contributed by atoms with E-state index in [1.807, 2.05) is 0 Å². The second kappa shape index (κ2) is 4.94. The van der Waals surface area contributed by atoms with Gasteiger partial charge in [-0.15, -0.1) is 0 Å². The summed E-state index contributed by atoms with van der Waals surface area (Å²) in [5.41, 5.74) is 0. The van der Waals surface area contributed by atoms with Crippen molar-refractivity contribution in [2.24, 2.45) is 0 Å². The Morgan fingerprint density at radius 3 is 2.93 bits per heavy atom. The Bertz CT molecular complexity index is 223. The molecule has 2 rings (SSSR count). The van der Waals surface area contributed by atoms with E-state index < -0.39 is 0 Å². The van der Waals surface area contributed by atoms with E-state index in [9.17, 15) is 4.79 Å². The van der Waals surface area contributed by atoms with E-state index in [0.717, 1.165) is 38.8 Å². The van der Waals surface area contributed by atoms with Crippen molar-refractivity contribution < 1.29 is 9.53 Å². The van der Waals surface area contributed by atoms with Gasteiger partial charge in [-0.2, -0.15) is 0 Å². The van der Waals surface area contributed by atoms with Gasteiger partial charge in [-0.1, -0.05) is 0 Å². The monoisotopic (exact) mass is 212 g/mol. The van der Waals surface area contributed by atoms with Crippen LogP contribution in [0.5, 0.6) is 0 Å². The van der Waals surface area contributed by atoms with Crippen molar-refractivity contribution in [3.8, 4) is 0 Å². The molecule has 2 aliphatic heterocycles. The topological polar surface area (TPSA) is 50.4 Å². The summed E-state index contributed by atoms with van der Waals surface area (Å²) < 4.78 is 5.54. The third-order valence-corrected chi connectivity index (χ3v) is 3.17. The third kappa shape index (κ3) is 2.92. The average Bonchev–Trinajstić information content (AvgIpc) is 2.52. The van der Waals surface area contributed by atoms with Crippen LogP contribution in [0.2, 0.25) is 0 Å². The molecule has 2 heterocycles. The van der Waals surface area contributed by atoms with Crippen LogP contribution in [-0.2, 0) is 9.53 Å². The van der Waals surface area contributed by atoms with Crippen LogP contribution >= 0.6 is 0 Å². The van der Waals surface area contributed by atoms with Crippen molar-refractivity contribution in [1.29, 1.82) is 0 Å². The molecule has 3 atom stereocenters. The molecular weight excluding hydrogens is 192 g/mol. The molecule has 2 saturated heterocycles. The Kier molecular flexibility index (Phi) is 3.59. The first kappa shape index (κ1) is 10.9. The molecule has 0 aliphatic carbocycles. The summed E-state index contributed by atoms with van der Waals surface area (Å²) in [5, 5.41) is 6.13. The van der Waals surface area contributed by atoms with Crippen molar-refractivity contribution >= 4 is 5.91 Å². The zero-order valence-electron chi connectivity index (χ0n) is 9.29. The van der Waals surface area contributed by atoms with Crippen LogP contribution in [0.3, 0.4) is 0 Å². The molecule has 4 nitrogen and oxygen atoms in total. The summed E-state index contributed by atoms with van der Waals surface area (Å²) in [6, 6.07) is 0.278. The number of hydrogen-bond acceptors (Lipinski definition) is 3. The molecule has 0 spiro atoms. The summed E-state index contributed by atoms with van der Waals surface area (Å²) in [4.78, 5) is 11.6. The van der Waals surface area contributed by atoms with E-state index in [1.165, 1.54) is 0 Å². The summed E-state index contributed by atoms with van der Waals surface area (Å²) in [5.74, 6) is 0.145. The van der Waals surface area contributed by atoms with Crippen molar-refractivity contribution in [1.82, 2.24) is 10.6 Å². The highest BCUT2D eigenvalue weighted by Crippen LogP contribution is 2.17. The van der Waals surface area contributed by atoms with Crippen molar-refractivity contribution in [3.05, 3.63) is 0 Å². The normalized spacial score (nSPS) is 32.1. The van der Waals surface area contributed by atoms with Crippen LogP contribution in [0.15, 0.2) is 0 Å². The third-order valence-electron chi connectivity index (χ3n) is 3.17. The lowest BCUT2D eigenvalue weighted by molar-refractivity contribution is -0.125. The quantitative estimate of drug-likeness (QED) is 0.710. The minimum Gasteiger partial charge on any atom is -0.378 e. The lowest BCUT2D eigenvalue weighted by atomic mass is 10.0. The molecule has 0 radical (unpaired) electrons. The van der Waals surface area contributed by atoms with Gasteiger partial charge in [0.2, 0.25) is 5.91 Å². The molecule has 2 unspecified atom stereocenters. The molecule has 86 valence electrons. The van der Waals surface area contributed by atoms with Crippen LogP contribution < -0.4 is 10.6 Å². The van der Waals surface area contributed by atoms with Crippen LogP contribution in [0.1, 0.15) is 32.6 Å². The van der Waals surface area contributed by atoms with Gasteiger partial charge in [-0.25, -0.2) is 0 Å². The van der Waals surface area contributed by atoms with Gasteiger partial charge < -0.3 is 15.4 Å². The fourth-order valence-electron chi connectivity index (χ4n) is 2.14. The maximum atomic E-state index is 11.6. The molecule has 0 saturated carbocycles. The van der Waals surface area contributed by atoms with E-state index in [4.69, 9.17) is 4.74 Å². The summed E-state index contributed by atoms with van der Waals surface area (Å²) in [6.45, 7) is 3.91. The minimum absolute atomic E-state index is 0.0527. The van der Waals surface area contributed by atoms with Gasteiger partial charge in [-0.05, 0) is 39.2 Å². The summed E-state index contributed by atoms with van der Waals surface area (Å²) in [7, 11) is 0. The maximum absolute atomic E-state index is 11.6. The molecule has 1 amide bonds. The Morgan fingerprint density at radius 2 is 2.40 bits per heavy atom. The molecular formula is C11H20N2O2. The predicted octanol–water partition coefficient (Wildman–Crippen LogP) is 0.422.